The third-order valence-electron chi connectivity index (χ3n) is 4.38. The summed E-state index contributed by atoms with van der Waals surface area (Å²) >= 11 is 1.22. The Bertz CT molecular complexity index is 832. The Morgan fingerprint density at radius 1 is 1.22 bits per heavy atom. The Labute approximate surface area is 190 Å². The molecule has 0 radical (unpaired) electrons. The lowest BCUT2D eigenvalue weighted by Crippen LogP contribution is -2.47. The number of nitrogens with one attached hydrogen (secondary N) is 2. The lowest BCUT2D eigenvalue weighted by atomic mass is 10.0. The van der Waals surface area contributed by atoms with E-state index in [0.29, 0.717) is 13.0 Å². The summed E-state index contributed by atoms with van der Waals surface area (Å²) in [6.45, 7) is 7.04. The molecule has 2 aliphatic rings. The predicted molar refractivity (Wildman–Crippen MR) is 120 cm³/mol. The molecule has 0 amide bonds. The number of carbonyl (C=O) groups excluding carboxylic acids is 1. The molecule has 2 aliphatic heterocycles. The van der Waals surface area contributed by atoms with Crippen molar-refractivity contribution in [1.82, 2.24) is 10.6 Å². The molecule has 1 aromatic rings. The van der Waals surface area contributed by atoms with Crippen LogP contribution in [0.2, 0.25) is 0 Å². The van der Waals surface area contributed by atoms with E-state index in [2.05, 4.69) is 15.6 Å². The van der Waals surface area contributed by atoms with Crippen LogP contribution in [0.4, 0.5) is 0 Å². The summed E-state index contributed by atoms with van der Waals surface area (Å²) in [6, 6.07) is 7.76. The van der Waals surface area contributed by atoms with Crippen molar-refractivity contribution in [3.63, 3.8) is 0 Å². The molecule has 32 heavy (non-hydrogen) atoms. The number of ether oxygens (including phenoxy) is 2. The van der Waals surface area contributed by atoms with Gasteiger partial charge in [-0.25, -0.2) is 9.59 Å². The summed E-state index contributed by atoms with van der Waals surface area (Å²) in [4.78, 5) is 34.4. The van der Waals surface area contributed by atoms with Gasteiger partial charge in [-0.2, -0.15) is 0 Å². The molecule has 176 valence electrons. The zero-order valence-corrected chi connectivity index (χ0v) is 18.9. The van der Waals surface area contributed by atoms with Crippen molar-refractivity contribution in [2.45, 2.75) is 44.8 Å². The molecule has 0 spiro atoms. The summed E-state index contributed by atoms with van der Waals surface area (Å²) in [5, 5.41) is 22.5. The summed E-state index contributed by atoms with van der Waals surface area (Å²) < 4.78 is 11.6. The first-order valence-corrected chi connectivity index (χ1v) is 11.1. The number of rotatable bonds is 7. The number of amidine groups is 1. The smallest absolute Gasteiger partial charge is 0.414 e. The van der Waals surface area contributed by atoms with Gasteiger partial charge < -0.3 is 30.3 Å². The van der Waals surface area contributed by atoms with E-state index in [9.17, 15) is 4.79 Å². The largest absolute Gasteiger partial charge is 0.486 e. The van der Waals surface area contributed by atoms with Gasteiger partial charge in [0.25, 0.3) is 0 Å². The van der Waals surface area contributed by atoms with Gasteiger partial charge in [-0.05, 0) is 57.1 Å². The van der Waals surface area contributed by atoms with E-state index in [0.717, 1.165) is 49.1 Å². The third kappa shape index (κ3) is 9.15. The maximum Gasteiger partial charge on any atom is 0.414 e. The summed E-state index contributed by atoms with van der Waals surface area (Å²) in [5.74, 6) is -2.01. The lowest BCUT2D eigenvalue weighted by molar-refractivity contribution is -0.159. The number of unbranched alkanes of at least 4 members (excludes halogenated alkanes) is 1. The highest BCUT2D eigenvalue weighted by Gasteiger charge is 2.30. The number of fused-ring (bicyclic) bond motifs is 1. The fourth-order valence-electron chi connectivity index (χ4n) is 2.90. The van der Waals surface area contributed by atoms with Crippen LogP contribution in [0.25, 0.3) is 0 Å². The van der Waals surface area contributed by atoms with Crippen LogP contribution in [0, 0.1) is 0 Å². The highest BCUT2D eigenvalue weighted by atomic mass is 32.2. The molecule has 2 heterocycles. The van der Waals surface area contributed by atoms with Crippen LogP contribution >= 0.6 is 11.8 Å². The molecule has 4 N–H and O–H groups in total. The maximum absolute atomic E-state index is 11.7. The number of benzene rings is 1. The Morgan fingerprint density at radius 3 is 2.56 bits per heavy atom. The van der Waals surface area contributed by atoms with Crippen LogP contribution < -0.4 is 20.1 Å². The van der Waals surface area contributed by atoms with Crippen molar-refractivity contribution in [2.24, 2.45) is 4.99 Å². The van der Waals surface area contributed by atoms with Crippen LogP contribution in [0.1, 0.15) is 33.1 Å². The number of aliphatic carboxylic acids is 2. The van der Waals surface area contributed by atoms with Crippen LogP contribution in [0.5, 0.6) is 11.5 Å². The molecular weight excluding hydrogens is 438 g/mol. The zero-order chi connectivity index (χ0) is 23.6. The van der Waals surface area contributed by atoms with E-state index >= 15 is 0 Å². The molecule has 3 rings (SSSR count). The van der Waals surface area contributed by atoms with Crippen molar-refractivity contribution in [3.8, 4) is 11.5 Å². The van der Waals surface area contributed by atoms with Crippen LogP contribution in [0.3, 0.4) is 0 Å². The molecule has 0 saturated carbocycles. The van der Waals surface area contributed by atoms with E-state index in [-0.39, 0.29) is 16.8 Å². The Kier molecular flexibility index (Phi) is 9.79. The molecule has 0 aromatic heterocycles. The minimum absolute atomic E-state index is 0.0428. The van der Waals surface area contributed by atoms with Gasteiger partial charge >= 0.3 is 11.9 Å². The third-order valence-corrected chi connectivity index (χ3v) is 5.18. The van der Waals surface area contributed by atoms with Gasteiger partial charge in [0.2, 0.25) is 0 Å². The first kappa shape index (κ1) is 25.5. The minimum Gasteiger partial charge on any atom is -0.486 e. The second kappa shape index (κ2) is 12.3. The molecule has 1 atom stereocenters. The number of carboxylic acid groups (broad SMARTS) is 2. The minimum atomic E-state index is -1.82. The number of nitrogens with zero attached hydrogens (tertiary/aromatic N) is 1. The Hall–Kier alpha value is -2.79. The average Bonchev–Trinajstić information content (AvgIpc) is 2.72. The highest BCUT2D eigenvalue weighted by Crippen LogP contribution is 2.30. The van der Waals surface area contributed by atoms with Crippen molar-refractivity contribution in [2.75, 3.05) is 26.2 Å². The number of carbonyl (C=O) groups is 3. The van der Waals surface area contributed by atoms with Crippen LogP contribution in [0.15, 0.2) is 29.3 Å². The lowest BCUT2D eigenvalue weighted by Gasteiger charge is -2.31. The molecule has 10 nitrogen and oxygen atoms in total. The van der Waals surface area contributed by atoms with Gasteiger partial charge in [0, 0.05) is 25.0 Å². The topological polar surface area (TPSA) is 147 Å². The van der Waals surface area contributed by atoms with E-state index in [4.69, 9.17) is 29.3 Å². The maximum atomic E-state index is 11.7. The quantitative estimate of drug-likeness (QED) is 0.345. The van der Waals surface area contributed by atoms with Gasteiger partial charge in [-0.15, -0.1) is 0 Å². The van der Waals surface area contributed by atoms with E-state index in [1.54, 1.807) is 0 Å². The molecule has 1 fully saturated rings. The standard InChI is InChI=1S/C19H27N3O3S.C2H2O4/c1-19(2)11-17(23)26-18(22-19)21-10-6-5-9-20-12-14-13-24-15-7-3-4-8-16(15)25-14;3-1(4)2(5)6/h3-4,7-8,14,20H,5-6,9-13H2,1-2H3,(H,21,22);(H,3,4)(H,5,6). The monoisotopic (exact) mass is 467 g/mol. The summed E-state index contributed by atoms with van der Waals surface area (Å²) in [5.41, 5.74) is -0.191. The van der Waals surface area contributed by atoms with E-state index in [1.165, 1.54) is 11.8 Å². The fourth-order valence-corrected chi connectivity index (χ4v) is 4.04. The number of carboxylic acids is 2. The molecule has 11 heteroatoms. The number of para-hydroxylation sites is 2. The molecule has 0 aliphatic carbocycles. The van der Waals surface area contributed by atoms with Gasteiger partial charge in [0.05, 0.1) is 0 Å². The number of aliphatic imine (C=N–C) groups is 1. The number of hydrogen-bond acceptors (Lipinski definition) is 8. The van der Waals surface area contributed by atoms with Gasteiger partial charge in [-0.1, -0.05) is 12.1 Å². The molecule has 0 bridgehead atoms. The molecular formula is C21H29N3O7S. The van der Waals surface area contributed by atoms with Gasteiger partial charge in [-0.3, -0.25) is 9.79 Å². The number of hydrogen-bond donors (Lipinski definition) is 4. The molecule has 1 aromatic carbocycles. The first-order chi connectivity index (χ1) is 15.2. The zero-order valence-electron chi connectivity index (χ0n) is 18.1. The molecule has 1 saturated heterocycles. The second-order valence-electron chi connectivity index (χ2n) is 7.87. The van der Waals surface area contributed by atoms with Crippen LogP contribution in [-0.4, -0.2) is 70.3 Å². The highest BCUT2D eigenvalue weighted by molar-refractivity contribution is 8.26. The van der Waals surface area contributed by atoms with Gasteiger partial charge in [0.1, 0.15) is 12.7 Å². The van der Waals surface area contributed by atoms with E-state index < -0.39 is 11.9 Å². The average molecular weight is 468 g/mol. The second-order valence-corrected chi connectivity index (χ2v) is 8.91. The SMILES string of the molecule is CC1(C)CC(=O)SC(=NCCCCNCC2COc3ccccc3O2)N1.O=C(O)C(=O)O. The molecule has 1 unspecified atom stereocenters. The van der Waals surface area contributed by atoms with Gasteiger partial charge in [0.15, 0.2) is 21.8 Å². The fraction of sp³-hybridized carbons (Fsp3) is 0.524. The summed E-state index contributed by atoms with van der Waals surface area (Å²) in [6.07, 6.45) is 2.60. The van der Waals surface area contributed by atoms with Crippen molar-refractivity contribution < 1.29 is 34.1 Å². The van der Waals surface area contributed by atoms with Crippen molar-refractivity contribution in [1.29, 1.82) is 0 Å². The normalized spacial score (nSPS) is 20.0. The van der Waals surface area contributed by atoms with Crippen LogP contribution in [-0.2, 0) is 14.4 Å². The van der Waals surface area contributed by atoms with E-state index in [1.807, 2.05) is 38.1 Å². The Balaban J connectivity index is 0.000000534. The number of thioether (sulfide) groups is 1. The first-order valence-electron chi connectivity index (χ1n) is 10.2. The predicted octanol–water partition coefficient (Wildman–Crippen LogP) is 1.74. The summed E-state index contributed by atoms with van der Waals surface area (Å²) in [7, 11) is 0. The van der Waals surface area contributed by atoms with Crippen molar-refractivity contribution in [3.05, 3.63) is 24.3 Å². The van der Waals surface area contributed by atoms with Crippen molar-refractivity contribution >= 4 is 34.0 Å². The Morgan fingerprint density at radius 2 is 1.91 bits per heavy atom.